The number of nitrogens with one attached hydrogen (secondary N) is 1. The molecule has 0 unspecified atom stereocenters. The third kappa shape index (κ3) is 5.16. The second kappa shape index (κ2) is 9.78. The van der Waals surface area contributed by atoms with Crippen LogP contribution in [0.25, 0.3) is 11.0 Å². The molecule has 0 spiro atoms. The van der Waals surface area contributed by atoms with Crippen molar-refractivity contribution in [3.63, 3.8) is 0 Å². The monoisotopic (exact) mass is 395 g/mol. The smallest absolute Gasteiger partial charge is 0.375 e. The van der Waals surface area contributed by atoms with Gasteiger partial charge in [0.15, 0.2) is 6.61 Å². The van der Waals surface area contributed by atoms with E-state index >= 15 is 0 Å². The van der Waals surface area contributed by atoms with Crippen molar-refractivity contribution in [3.8, 4) is 5.75 Å². The van der Waals surface area contributed by atoms with Crippen LogP contribution in [-0.4, -0.2) is 24.5 Å². The number of amides is 1. The molecule has 0 saturated carbocycles. The second-order valence-corrected chi connectivity index (χ2v) is 6.66. The zero-order valence-electron chi connectivity index (χ0n) is 16.6. The molecule has 1 aromatic heterocycles. The van der Waals surface area contributed by atoms with Gasteiger partial charge in [0.05, 0.1) is 5.56 Å². The zero-order valence-corrected chi connectivity index (χ0v) is 16.6. The van der Waals surface area contributed by atoms with Crippen molar-refractivity contribution >= 4 is 22.8 Å². The Kier molecular flexibility index (Phi) is 6.89. The molecule has 0 saturated heterocycles. The molecule has 6 heteroatoms. The summed E-state index contributed by atoms with van der Waals surface area (Å²) in [5.41, 5.74) is 1.16. The average Bonchev–Trinajstić information content (AvgIpc) is 3.13. The highest BCUT2D eigenvalue weighted by molar-refractivity contribution is 5.96. The Morgan fingerprint density at radius 3 is 2.41 bits per heavy atom. The molecular formula is C23H25NO5. The predicted octanol–water partition coefficient (Wildman–Crippen LogP) is 4.47. The molecular weight excluding hydrogens is 370 g/mol. The number of carbonyl (C=O) groups is 2. The first-order valence-corrected chi connectivity index (χ1v) is 9.77. The van der Waals surface area contributed by atoms with Gasteiger partial charge in [0.2, 0.25) is 5.76 Å². The van der Waals surface area contributed by atoms with Crippen molar-refractivity contribution < 1.29 is 23.5 Å². The highest BCUT2D eigenvalue weighted by atomic mass is 16.5. The number of hydrogen-bond acceptors (Lipinski definition) is 5. The molecule has 3 aromatic rings. The Morgan fingerprint density at radius 2 is 1.69 bits per heavy atom. The molecule has 0 aliphatic carbocycles. The minimum atomic E-state index is -0.687. The van der Waals surface area contributed by atoms with Crippen LogP contribution in [0.4, 0.5) is 0 Å². The van der Waals surface area contributed by atoms with Crippen molar-refractivity contribution in [2.24, 2.45) is 0 Å². The van der Waals surface area contributed by atoms with Gasteiger partial charge in [-0.25, -0.2) is 4.79 Å². The normalized spacial score (nSPS) is 10.9. The molecule has 0 aliphatic rings. The fourth-order valence-electron chi connectivity index (χ4n) is 3.04. The SMILES string of the molecule is CCC(CC)NC(=O)COC(=O)c1oc2ccccc2c1COc1ccccc1. The molecule has 0 fully saturated rings. The van der Waals surface area contributed by atoms with E-state index in [-0.39, 0.29) is 30.9 Å². The first-order valence-electron chi connectivity index (χ1n) is 9.77. The Labute approximate surface area is 169 Å². The van der Waals surface area contributed by atoms with Crippen molar-refractivity contribution in [1.29, 1.82) is 0 Å². The second-order valence-electron chi connectivity index (χ2n) is 6.66. The Morgan fingerprint density at radius 1 is 1.00 bits per heavy atom. The van der Waals surface area contributed by atoms with Gasteiger partial charge in [-0.3, -0.25) is 4.79 Å². The molecule has 0 bridgehead atoms. The number of para-hydroxylation sites is 2. The molecule has 1 N–H and O–H groups in total. The first-order chi connectivity index (χ1) is 14.1. The third-order valence-electron chi connectivity index (χ3n) is 4.70. The van der Waals surface area contributed by atoms with Gasteiger partial charge in [-0.15, -0.1) is 0 Å². The molecule has 1 amide bonds. The molecule has 0 radical (unpaired) electrons. The van der Waals surface area contributed by atoms with Gasteiger partial charge in [-0.1, -0.05) is 50.2 Å². The number of benzene rings is 2. The standard InChI is InChI=1S/C23H25NO5/c1-3-16(4-2)24-21(25)15-28-23(26)22-19(14-27-17-10-6-5-7-11-17)18-12-8-9-13-20(18)29-22/h5-13,16H,3-4,14-15H2,1-2H3,(H,24,25). The summed E-state index contributed by atoms with van der Waals surface area (Å²) in [7, 11) is 0. The fraction of sp³-hybridized carbons (Fsp3) is 0.304. The van der Waals surface area contributed by atoms with Gasteiger partial charge in [-0.05, 0) is 31.0 Å². The number of rotatable bonds is 9. The maximum absolute atomic E-state index is 12.6. The van der Waals surface area contributed by atoms with E-state index in [0.717, 1.165) is 18.2 Å². The molecule has 3 rings (SSSR count). The van der Waals surface area contributed by atoms with Crippen LogP contribution in [0.2, 0.25) is 0 Å². The van der Waals surface area contributed by atoms with Crippen molar-refractivity contribution in [2.75, 3.05) is 6.61 Å². The van der Waals surface area contributed by atoms with E-state index in [9.17, 15) is 9.59 Å². The van der Waals surface area contributed by atoms with Crippen LogP contribution in [0.5, 0.6) is 5.75 Å². The lowest BCUT2D eigenvalue weighted by atomic mass is 10.1. The van der Waals surface area contributed by atoms with Crippen LogP contribution in [0, 0.1) is 0 Å². The molecule has 0 aliphatic heterocycles. The van der Waals surface area contributed by atoms with E-state index in [4.69, 9.17) is 13.9 Å². The van der Waals surface area contributed by atoms with Crippen molar-refractivity contribution in [3.05, 3.63) is 65.9 Å². The van der Waals surface area contributed by atoms with Crippen LogP contribution < -0.4 is 10.1 Å². The van der Waals surface area contributed by atoms with Crippen LogP contribution in [0.1, 0.15) is 42.8 Å². The summed E-state index contributed by atoms with van der Waals surface area (Å²) in [6, 6.07) is 16.7. The van der Waals surface area contributed by atoms with Gasteiger partial charge >= 0.3 is 5.97 Å². The number of furan rings is 1. The summed E-state index contributed by atoms with van der Waals surface area (Å²) in [4.78, 5) is 24.7. The molecule has 29 heavy (non-hydrogen) atoms. The van der Waals surface area contributed by atoms with Crippen LogP contribution in [0.15, 0.2) is 59.0 Å². The molecule has 1 heterocycles. The van der Waals surface area contributed by atoms with Crippen LogP contribution in [-0.2, 0) is 16.1 Å². The van der Waals surface area contributed by atoms with E-state index < -0.39 is 5.97 Å². The lowest BCUT2D eigenvalue weighted by Gasteiger charge is -2.14. The van der Waals surface area contributed by atoms with Crippen LogP contribution >= 0.6 is 0 Å². The van der Waals surface area contributed by atoms with E-state index in [0.29, 0.717) is 16.9 Å². The maximum Gasteiger partial charge on any atom is 0.375 e. The minimum absolute atomic E-state index is 0.0532. The van der Waals surface area contributed by atoms with Crippen LogP contribution in [0.3, 0.4) is 0 Å². The summed E-state index contributed by atoms with van der Waals surface area (Å²) >= 11 is 0. The maximum atomic E-state index is 12.6. The summed E-state index contributed by atoms with van der Waals surface area (Å²) in [5.74, 6) is -0.281. The van der Waals surface area contributed by atoms with E-state index in [2.05, 4.69) is 5.32 Å². The lowest BCUT2D eigenvalue weighted by molar-refractivity contribution is -0.125. The topological polar surface area (TPSA) is 77.8 Å². The summed E-state index contributed by atoms with van der Waals surface area (Å²) in [6.07, 6.45) is 1.64. The third-order valence-corrected chi connectivity index (χ3v) is 4.70. The molecule has 2 aromatic carbocycles. The van der Waals surface area contributed by atoms with E-state index in [1.54, 1.807) is 6.07 Å². The molecule has 152 valence electrons. The fourth-order valence-corrected chi connectivity index (χ4v) is 3.04. The minimum Gasteiger partial charge on any atom is -0.489 e. The summed E-state index contributed by atoms with van der Waals surface area (Å²) in [6.45, 7) is 3.78. The predicted molar refractivity (Wildman–Crippen MR) is 110 cm³/mol. The number of fused-ring (bicyclic) bond motifs is 1. The van der Waals surface area contributed by atoms with E-state index in [1.807, 2.05) is 62.4 Å². The van der Waals surface area contributed by atoms with Crippen molar-refractivity contribution in [2.45, 2.75) is 39.3 Å². The average molecular weight is 395 g/mol. The van der Waals surface area contributed by atoms with Gasteiger partial charge in [-0.2, -0.15) is 0 Å². The number of ether oxygens (including phenoxy) is 2. The first kappa shape index (κ1) is 20.5. The van der Waals surface area contributed by atoms with E-state index in [1.165, 1.54) is 0 Å². The summed E-state index contributed by atoms with van der Waals surface area (Å²) in [5, 5.41) is 3.61. The highest BCUT2D eigenvalue weighted by Gasteiger charge is 2.23. The van der Waals surface area contributed by atoms with Gasteiger partial charge in [0, 0.05) is 11.4 Å². The van der Waals surface area contributed by atoms with Crippen molar-refractivity contribution in [1.82, 2.24) is 5.32 Å². The number of hydrogen-bond donors (Lipinski definition) is 1. The Hall–Kier alpha value is -3.28. The molecule has 0 atom stereocenters. The van der Waals surface area contributed by atoms with Gasteiger partial charge in [0.25, 0.3) is 5.91 Å². The Bertz CT molecular complexity index is 960. The number of esters is 1. The largest absolute Gasteiger partial charge is 0.489 e. The molecule has 6 nitrogen and oxygen atoms in total. The quantitative estimate of drug-likeness (QED) is 0.541. The van der Waals surface area contributed by atoms with Gasteiger partial charge < -0.3 is 19.2 Å². The number of carbonyl (C=O) groups excluding carboxylic acids is 2. The Balaban J connectivity index is 1.73. The highest BCUT2D eigenvalue weighted by Crippen LogP contribution is 2.28. The lowest BCUT2D eigenvalue weighted by Crippen LogP contribution is -2.36. The summed E-state index contributed by atoms with van der Waals surface area (Å²) < 4.78 is 16.7. The zero-order chi connectivity index (χ0) is 20.6. The van der Waals surface area contributed by atoms with Gasteiger partial charge in [0.1, 0.15) is 17.9 Å².